The number of amides is 2. The van der Waals surface area contributed by atoms with Gasteiger partial charge >= 0.3 is 0 Å². The third-order valence-corrected chi connectivity index (χ3v) is 7.50. The summed E-state index contributed by atoms with van der Waals surface area (Å²) in [6.45, 7) is 12.3. The molecule has 1 N–H and O–H groups in total. The number of aromatic nitrogens is 2. The Bertz CT molecular complexity index is 1070. The molecule has 9 heteroatoms. The molecule has 1 unspecified atom stereocenters. The zero-order valence-corrected chi connectivity index (χ0v) is 22.6. The molecule has 0 saturated carbocycles. The lowest BCUT2D eigenvalue weighted by molar-refractivity contribution is -0.129. The highest BCUT2D eigenvalue weighted by molar-refractivity contribution is 7.98. The number of rotatable bonds is 7. The lowest BCUT2D eigenvalue weighted by Gasteiger charge is -2.35. The van der Waals surface area contributed by atoms with E-state index >= 15 is 0 Å². The van der Waals surface area contributed by atoms with Crippen molar-refractivity contribution in [2.45, 2.75) is 63.0 Å². The van der Waals surface area contributed by atoms with Crippen LogP contribution in [0.1, 0.15) is 62.2 Å². The van der Waals surface area contributed by atoms with Crippen LogP contribution in [-0.2, 0) is 20.7 Å². The predicted molar refractivity (Wildman–Crippen MR) is 143 cm³/mol. The first-order chi connectivity index (χ1) is 17.2. The van der Waals surface area contributed by atoms with Crippen molar-refractivity contribution < 1.29 is 14.3 Å². The number of hydrogen-bond acceptors (Lipinski definition) is 7. The highest BCUT2D eigenvalue weighted by atomic mass is 32.2. The molecule has 194 valence electrons. The van der Waals surface area contributed by atoms with E-state index in [0.29, 0.717) is 31.0 Å². The topological polar surface area (TPSA) is 87.7 Å². The van der Waals surface area contributed by atoms with Gasteiger partial charge in [0.25, 0.3) is 5.91 Å². The van der Waals surface area contributed by atoms with Crippen molar-refractivity contribution in [3.8, 4) is 0 Å². The van der Waals surface area contributed by atoms with Crippen molar-refractivity contribution in [2.24, 2.45) is 0 Å². The summed E-state index contributed by atoms with van der Waals surface area (Å²) in [6.07, 6.45) is 2.18. The fraction of sp³-hybridized carbons (Fsp3) is 0.556. The Morgan fingerprint density at radius 1 is 1.14 bits per heavy atom. The smallest absolute Gasteiger partial charge is 0.251 e. The fourth-order valence-corrected chi connectivity index (χ4v) is 5.13. The van der Waals surface area contributed by atoms with Gasteiger partial charge in [-0.25, -0.2) is 9.97 Å². The highest BCUT2D eigenvalue weighted by Gasteiger charge is 2.24. The molecule has 0 bridgehead atoms. The number of nitrogens with one attached hydrogen (secondary N) is 1. The average Bonchev–Trinajstić information content (AvgIpc) is 3.39. The first-order valence-electron chi connectivity index (χ1n) is 12.7. The number of thioether (sulfide) groups is 1. The summed E-state index contributed by atoms with van der Waals surface area (Å²) in [5.41, 5.74) is 2.58. The van der Waals surface area contributed by atoms with Gasteiger partial charge in [0.05, 0.1) is 11.8 Å². The molecule has 1 aromatic heterocycles. The molecule has 2 aromatic rings. The summed E-state index contributed by atoms with van der Waals surface area (Å²) < 4.78 is 5.60. The number of piperazine rings is 1. The Morgan fingerprint density at radius 3 is 2.58 bits per heavy atom. The van der Waals surface area contributed by atoms with Gasteiger partial charge < -0.3 is 19.9 Å². The van der Waals surface area contributed by atoms with E-state index in [-0.39, 0.29) is 23.3 Å². The molecule has 36 heavy (non-hydrogen) atoms. The maximum absolute atomic E-state index is 12.6. The summed E-state index contributed by atoms with van der Waals surface area (Å²) in [5.74, 6) is 1.61. The minimum atomic E-state index is -0.116. The van der Waals surface area contributed by atoms with Crippen LogP contribution in [0.2, 0.25) is 0 Å². The van der Waals surface area contributed by atoms with Crippen LogP contribution >= 0.6 is 11.8 Å². The summed E-state index contributed by atoms with van der Waals surface area (Å²) >= 11 is 1.58. The van der Waals surface area contributed by atoms with E-state index in [1.54, 1.807) is 18.7 Å². The second kappa shape index (κ2) is 11.6. The fourth-order valence-electron chi connectivity index (χ4n) is 4.34. The molecule has 2 saturated heterocycles. The number of anilines is 1. The maximum atomic E-state index is 12.6. The molecule has 2 aliphatic rings. The summed E-state index contributed by atoms with van der Waals surface area (Å²) in [4.78, 5) is 38.2. The van der Waals surface area contributed by atoms with Gasteiger partial charge in [0, 0.05) is 69.1 Å². The van der Waals surface area contributed by atoms with Crippen molar-refractivity contribution in [3.05, 3.63) is 47.2 Å². The number of hydrogen-bond donors (Lipinski definition) is 1. The van der Waals surface area contributed by atoms with E-state index in [2.05, 4.69) is 37.1 Å². The third-order valence-electron chi connectivity index (χ3n) is 6.58. The monoisotopic (exact) mass is 511 g/mol. The molecule has 1 atom stereocenters. The van der Waals surface area contributed by atoms with Crippen LogP contribution in [0.15, 0.2) is 35.5 Å². The molecule has 2 aliphatic heterocycles. The van der Waals surface area contributed by atoms with Gasteiger partial charge in [0.1, 0.15) is 5.82 Å². The standard InChI is InChI=1S/C27H37N5O3S/c1-19(33)31-10-12-32(13-11-31)24-16-23(27(2,3)4)29-26(30-24)36-18-20-7-5-8-21(15-20)25(34)28-17-22-9-6-14-35-22/h5,7-8,15-16,22H,6,9-14,17-18H2,1-4H3,(H,28,34). The Labute approximate surface area is 218 Å². The van der Waals surface area contributed by atoms with Crippen molar-refractivity contribution in [1.82, 2.24) is 20.2 Å². The van der Waals surface area contributed by atoms with E-state index in [4.69, 9.17) is 14.7 Å². The van der Waals surface area contributed by atoms with Crippen LogP contribution < -0.4 is 10.2 Å². The van der Waals surface area contributed by atoms with E-state index < -0.39 is 0 Å². The van der Waals surface area contributed by atoms with Gasteiger partial charge in [0.15, 0.2) is 5.16 Å². The molecule has 4 rings (SSSR count). The number of carbonyl (C=O) groups excluding carboxylic acids is 2. The molecule has 8 nitrogen and oxygen atoms in total. The highest BCUT2D eigenvalue weighted by Crippen LogP contribution is 2.29. The van der Waals surface area contributed by atoms with Crippen LogP contribution in [0.5, 0.6) is 0 Å². The molecule has 3 heterocycles. The minimum absolute atomic E-state index is 0.0738. The van der Waals surface area contributed by atoms with E-state index in [9.17, 15) is 9.59 Å². The molecule has 0 spiro atoms. The Hall–Kier alpha value is -2.65. The molecule has 2 amide bonds. The van der Waals surface area contributed by atoms with E-state index in [0.717, 1.165) is 54.8 Å². The van der Waals surface area contributed by atoms with Gasteiger partial charge in [-0.1, -0.05) is 44.7 Å². The molecule has 1 aromatic carbocycles. The van der Waals surface area contributed by atoms with E-state index in [1.807, 2.05) is 29.2 Å². The number of ether oxygens (including phenoxy) is 1. The predicted octanol–water partition coefficient (Wildman–Crippen LogP) is 3.64. The van der Waals surface area contributed by atoms with Crippen LogP contribution in [0.25, 0.3) is 0 Å². The van der Waals surface area contributed by atoms with Crippen molar-refractivity contribution in [3.63, 3.8) is 0 Å². The summed E-state index contributed by atoms with van der Waals surface area (Å²) in [6, 6.07) is 9.80. The SMILES string of the molecule is CC(=O)N1CCN(c2cc(C(C)(C)C)nc(SCc3cccc(C(=O)NCC4CCCO4)c3)n2)CC1. The Kier molecular flexibility index (Phi) is 8.51. The zero-order chi connectivity index (χ0) is 25.7. The molecule has 2 fully saturated rings. The number of benzene rings is 1. The lowest BCUT2D eigenvalue weighted by atomic mass is 9.92. The normalized spacial score (nSPS) is 18.4. The van der Waals surface area contributed by atoms with Gasteiger partial charge in [-0.05, 0) is 30.5 Å². The maximum Gasteiger partial charge on any atom is 0.251 e. The quantitative estimate of drug-likeness (QED) is 0.449. The first kappa shape index (κ1) is 26.4. The van der Waals surface area contributed by atoms with Crippen molar-refractivity contribution in [2.75, 3.05) is 44.2 Å². The zero-order valence-electron chi connectivity index (χ0n) is 21.7. The van der Waals surface area contributed by atoms with Gasteiger partial charge in [-0.15, -0.1) is 0 Å². The summed E-state index contributed by atoms with van der Waals surface area (Å²) in [7, 11) is 0. The number of carbonyl (C=O) groups is 2. The van der Waals surface area contributed by atoms with Gasteiger partial charge in [0.2, 0.25) is 5.91 Å². The second-order valence-corrected chi connectivity index (χ2v) is 11.4. The van der Waals surface area contributed by atoms with Gasteiger partial charge in [-0.3, -0.25) is 9.59 Å². The Morgan fingerprint density at radius 2 is 1.92 bits per heavy atom. The molecular weight excluding hydrogens is 474 g/mol. The Balaban J connectivity index is 1.43. The van der Waals surface area contributed by atoms with Crippen LogP contribution in [0.4, 0.5) is 5.82 Å². The van der Waals surface area contributed by atoms with E-state index in [1.165, 1.54) is 0 Å². The second-order valence-electron chi connectivity index (χ2n) is 10.5. The minimum Gasteiger partial charge on any atom is -0.376 e. The largest absolute Gasteiger partial charge is 0.376 e. The van der Waals surface area contributed by atoms with Crippen LogP contribution in [0.3, 0.4) is 0 Å². The van der Waals surface area contributed by atoms with Crippen molar-refractivity contribution in [1.29, 1.82) is 0 Å². The molecule has 0 aliphatic carbocycles. The molecule has 0 radical (unpaired) electrons. The third kappa shape index (κ3) is 6.97. The first-order valence-corrected chi connectivity index (χ1v) is 13.7. The lowest BCUT2D eigenvalue weighted by Crippen LogP contribution is -2.48. The number of nitrogens with zero attached hydrogens (tertiary/aromatic N) is 4. The van der Waals surface area contributed by atoms with Gasteiger partial charge in [-0.2, -0.15) is 0 Å². The van der Waals surface area contributed by atoms with Crippen LogP contribution in [0, 0.1) is 0 Å². The summed E-state index contributed by atoms with van der Waals surface area (Å²) in [5, 5.41) is 3.72. The average molecular weight is 512 g/mol. The van der Waals surface area contributed by atoms with Crippen molar-refractivity contribution >= 4 is 29.4 Å². The van der Waals surface area contributed by atoms with Crippen LogP contribution in [-0.4, -0.2) is 72.1 Å². The molecular formula is C27H37N5O3S.